The SMILES string of the molecule is CC1CCCN(C(=O)c2cccc(-n3cccc3)c2)C1CO. The number of carbonyl (C=O) groups excluding carboxylic acids is 1. The number of amides is 1. The summed E-state index contributed by atoms with van der Waals surface area (Å²) >= 11 is 0. The molecule has 1 aliphatic rings. The van der Waals surface area contributed by atoms with Crippen molar-refractivity contribution in [3.8, 4) is 5.69 Å². The van der Waals surface area contributed by atoms with E-state index in [1.807, 2.05) is 58.3 Å². The van der Waals surface area contributed by atoms with Crippen LogP contribution in [0.3, 0.4) is 0 Å². The summed E-state index contributed by atoms with van der Waals surface area (Å²) < 4.78 is 1.99. The number of aliphatic hydroxyl groups is 1. The zero-order valence-electron chi connectivity index (χ0n) is 12.9. The van der Waals surface area contributed by atoms with Gasteiger partial charge in [0.15, 0.2) is 0 Å². The Morgan fingerprint density at radius 1 is 1.27 bits per heavy atom. The molecule has 1 aromatic carbocycles. The molecule has 4 heteroatoms. The van der Waals surface area contributed by atoms with Crippen molar-refractivity contribution in [1.82, 2.24) is 9.47 Å². The predicted molar refractivity (Wildman–Crippen MR) is 86.1 cm³/mol. The quantitative estimate of drug-likeness (QED) is 0.947. The summed E-state index contributed by atoms with van der Waals surface area (Å²) in [7, 11) is 0. The van der Waals surface area contributed by atoms with Crippen molar-refractivity contribution in [2.75, 3.05) is 13.2 Å². The largest absolute Gasteiger partial charge is 0.394 e. The van der Waals surface area contributed by atoms with Gasteiger partial charge in [0.05, 0.1) is 12.6 Å². The van der Waals surface area contributed by atoms with Crippen LogP contribution in [0, 0.1) is 5.92 Å². The average molecular weight is 298 g/mol. The molecular formula is C18H22N2O2. The van der Waals surface area contributed by atoms with Crippen LogP contribution in [0.5, 0.6) is 0 Å². The average Bonchev–Trinajstić information content (AvgIpc) is 3.08. The molecule has 1 N–H and O–H groups in total. The van der Waals surface area contributed by atoms with Crippen LogP contribution in [0.15, 0.2) is 48.8 Å². The Balaban J connectivity index is 1.87. The number of aromatic nitrogens is 1. The fourth-order valence-corrected chi connectivity index (χ4v) is 3.25. The second-order valence-corrected chi connectivity index (χ2v) is 6.01. The van der Waals surface area contributed by atoms with Crippen molar-refractivity contribution in [3.63, 3.8) is 0 Å². The number of piperidine rings is 1. The van der Waals surface area contributed by atoms with E-state index in [2.05, 4.69) is 6.92 Å². The van der Waals surface area contributed by atoms with Gasteiger partial charge in [-0.05, 0) is 49.1 Å². The highest BCUT2D eigenvalue weighted by Crippen LogP contribution is 2.25. The van der Waals surface area contributed by atoms with E-state index in [9.17, 15) is 9.90 Å². The predicted octanol–water partition coefficient (Wildman–Crippen LogP) is 2.71. The third-order valence-corrected chi connectivity index (χ3v) is 4.56. The zero-order valence-corrected chi connectivity index (χ0v) is 12.9. The second kappa shape index (κ2) is 6.36. The summed E-state index contributed by atoms with van der Waals surface area (Å²) in [6.45, 7) is 2.86. The molecule has 1 aliphatic heterocycles. The topological polar surface area (TPSA) is 45.5 Å². The Morgan fingerprint density at radius 3 is 2.77 bits per heavy atom. The smallest absolute Gasteiger partial charge is 0.254 e. The molecule has 116 valence electrons. The van der Waals surface area contributed by atoms with Crippen LogP contribution < -0.4 is 0 Å². The third kappa shape index (κ3) is 2.79. The summed E-state index contributed by atoms with van der Waals surface area (Å²) in [6.07, 6.45) is 5.99. The summed E-state index contributed by atoms with van der Waals surface area (Å²) in [5.41, 5.74) is 1.65. The molecule has 0 bridgehead atoms. The Labute approximate surface area is 131 Å². The van der Waals surface area contributed by atoms with E-state index in [0.717, 1.165) is 25.1 Å². The Kier molecular flexibility index (Phi) is 4.29. The molecule has 2 atom stereocenters. The van der Waals surface area contributed by atoms with E-state index in [4.69, 9.17) is 0 Å². The molecule has 0 saturated carbocycles. The van der Waals surface area contributed by atoms with Crippen molar-refractivity contribution < 1.29 is 9.90 Å². The lowest BCUT2D eigenvalue weighted by Gasteiger charge is -2.39. The molecule has 0 aliphatic carbocycles. The molecule has 1 aromatic heterocycles. The van der Waals surface area contributed by atoms with Gasteiger partial charge in [0.25, 0.3) is 5.91 Å². The van der Waals surface area contributed by atoms with Gasteiger partial charge in [-0.1, -0.05) is 13.0 Å². The minimum Gasteiger partial charge on any atom is -0.394 e. The van der Waals surface area contributed by atoms with E-state index in [1.54, 1.807) is 0 Å². The van der Waals surface area contributed by atoms with E-state index in [1.165, 1.54) is 0 Å². The summed E-state index contributed by atoms with van der Waals surface area (Å²) in [4.78, 5) is 14.7. The molecule has 1 fully saturated rings. The van der Waals surface area contributed by atoms with Gasteiger partial charge in [0.1, 0.15) is 0 Å². The standard InChI is InChI=1S/C18H22N2O2/c1-14-6-5-11-20(17(14)13-21)18(22)15-7-4-8-16(12-15)19-9-2-3-10-19/h2-4,7-10,12,14,17,21H,5-6,11,13H2,1H3. The molecule has 1 amide bonds. The molecule has 2 aromatic rings. The molecule has 2 heterocycles. The maximum atomic E-state index is 12.8. The van der Waals surface area contributed by atoms with Gasteiger partial charge in [-0.2, -0.15) is 0 Å². The number of likely N-dealkylation sites (tertiary alicyclic amines) is 1. The van der Waals surface area contributed by atoms with E-state index in [-0.39, 0.29) is 18.6 Å². The van der Waals surface area contributed by atoms with Gasteiger partial charge in [-0.25, -0.2) is 0 Å². The minimum absolute atomic E-state index is 0.0135. The number of hydrogen-bond donors (Lipinski definition) is 1. The molecule has 2 unspecified atom stereocenters. The Bertz CT molecular complexity index is 636. The van der Waals surface area contributed by atoms with Crippen LogP contribution in [-0.4, -0.2) is 39.7 Å². The molecule has 0 spiro atoms. The molecule has 3 rings (SSSR count). The first-order valence-corrected chi connectivity index (χ1v) is 7.86. The number of hydrogen-bond acceptors (Lipinski definition) is 2. The van der Waals surface area contributed by atoms with Crippen LogP contribution >= 0.6 is 0 Å². The highest BCUT2D eigenvalue weighted by Gasteiger charge is 2.31. The Hall–Kier alpha value is -2.07. The van der Waals surface area contributed by atoms with Crippen molar-refractivity contribution in [1.29, 1.82) is 0 Å². The maximum Gasteiger partial charge on any atom is 0.254 e. The van der Waals surface area contributed by atoms with Crippen LogP contribution in [0.25, 0.3) is 5.69 Å². The summed E-state index contributed by atoms with van der Waals surface area (Å²) in [5, 5.41) is 9.63. The normalized spacial score (nSPS) is 21.8. The van der Waals surface area contributed by atoms with Crippen molar-refractivity contribution >= 4 is 5.91 Å². The lowest BCUT2D eigenvalue weighted by molar-refractivity contribution is 0.0358. The number of rotatable bonds is 3. The molecule has 0 radical (unpaired) electrons. The fourth-order valence-electron chi connectivity index (χ4n) is 3.25. The van der Waals surface area contributed by atoms with Gasteiger partial charge < -0.3 is 14.6 Å². The third-order valence-electron chi connectivity index (χ3n) is 4.56. The first-order chi connectivity index (χ1) is 10.7. The number of aliphatic hydroxyl groups excluding tert-OH is 1. The van der Waals surface area contributed by atoms with Crippen LogP contribution in [0.2, 0.25) is 0 Å². The maximum absolute atomic E-state index is 12.8. The van der Waals surface area contributed by atoms with Gasteiger partial charge in [-0.3, -0.25) is 4.79 Å². The number of benzene rings is 1. The van der Waals surface area contributed by atoms with E-state index in [0.29, 0.717) is 11.5 Å². The molecule has 4 nitrogen and oxygen atoms in total. The number of nitrogens with zero attached hydrogens (tertiary/aromatic N) is 2. The minimum atomic E-state index is -0.0727. The highest BCUT2D eigenvalue weighted by atomic mass is 16.3. The lowest BCUT2D eigenvalue weighted by atomic mass is 9.90. The summed E-state index contributed by atoms with van der Waals surface area (Å²) in [5.74, 6) is 0.356. The number of carbonyl (C=O) groups is 1. The van der Waals surface area contributed by atoms with Crippen LogP contribution in [0.4, 0.5) is 0 Å². The molecule has 22 heavy (non-hydrogen) atoms. The highest BCUT2D eigenvalue weighted by molar-refractivity contribution is 5.95. The monoisotopic (exact) mass is 298 g/mol. The first kappa shape index (κ1) is 14.9. The zero-order chi connectivity index (χ0) is 15.5. The van der Waals surface area contributed by atoms with Crippen molar-refractivity contribution in [2.24, 2.45) is 5.92 Å². The van der Waals surface area contributed by atoms with Gasteiger partial charge in [-0.15, -0.1) is 0 Å². The fraction of sp³-hybridized carbons (Fsp3) is 0.389. The van der Waals surface area contributed by atoms with Crippen LogP contribution in [-0.2, 0) is 0 Å². The summed E-state index contributed by atoms with van der Waals surface area (Å²) in [6, 6.07) is 11.5. The van der Waals surface area contributed by atoms with Gasteiger partial charge in [0, 0.05) is 30.2 Å². The van der Waals surface area contributed by atoms with Crippen molar-refractivity contribution in [3.05, 3.63) is 54.4 Å². The Morgan fingerprint density at radius 2 is 2.05 bits per heavy atom. The van der Waals surface area contributed by atoms with Gasteiger partial charge in [0.2, 0.25) is 0 Å². The van der Waals surface area contributed by atoms with Crippen molar-refractivity contribution in [2.45, 2.75) is 25.8 Å². The van der Waals surface area contributed by atoms with Gasteiger partial charge >= 0.3 is 0 Å². The first-order valence-electron chi connectivity index (χ1n) is 7.86. The van der Waals surface area contributed by atoms with Crippen LogP contribution in [0.1, 0.15) is 30.1 Å². The lowest BCUT2D eigenvalue weighted by Crippen LogP contribution is -2.49. The van der Waals surface area contributed by atoms with E-state index < -0.39 is 0 Å². The second-order valence-electron chi connectivity index (χ2n) is 6.01. The molecule has 1 saturated heterocycles. The van der Waals surface area contributed by atoms with E-state index >= 15 is 0 Å². The molecular weight excluding hydrogens is 276 g/mol.